The van der Waals surface area contributed by atoms with Crippen molar-refractivity contribution in [3.63, 3.8) is 0 Å². The molecule has 4 rings (SSSR count). The van der Waals surface area contributed by atoms with Crippen LogP contribution in [0.4, 0.5) is 0 Å². The van der Waals surface area contributed by atoms with E-state index in [0.717, 1.165) is 12.1 Å². The predicted molar refractivity (Wildman–Crippen MR) is 356 cm³/mol. The van der Waals surface area contributed by atoms with Crippen molar-refractivity contribution in [2.24, 2.45) is 0 Å². The number of halogens is 5. The van der Waals surface area contributed by atoms with Gasteiger partial charge >= 0.3 is 50.5 Å². The first-order chi connectivity index (χ1) is 20.3. The standard InChI is InChI=1S/C8H11N.C7H9N.2C7H8.3C2H6.14CH4.4CH3.2B.I3.I2.2Y/c1-3-8-6-7(2)4-5-9-8;1-6-3-4-8-7(2)5-6;2*1-7-5-3-2-4-6-7;3*1-2;;;;;;;;;;;;;;;;;;;;;1-3-2;1-2;;/h4-6H,3H2,1-2H3;3-5H,1-2H3;2*2-6H,1H3;3*1-2H3;14*1H4;4*1H3;;;;;;/q;;;;;;;;;;;;;;;;;;;;;4*-1;;;-1;;;. The largest absolute Gasteiger partial charge is 0.358 e. The molecular formula is C53H122B2I5N2Y2-5. The van der Waals surface area contributed by atoms with E-state index in [1.165, 1.54) is 27.9 Å². The summed E-state index contributed by atoms with van der Waals surface area (Å²) in [7, 11) is 0. The second-order valence-electron chi connectivity index (χ2n) is 7.52. The van der Waals surface area contributed by atoms with E-state index in [2.05, 4.69) is 155 Å². The fraction of sp³-hybridized carbons (Fsp3) is 0.509. The summed E-state index contributed by atoms with van der Waals surface area (Å²) in [5.74, 6) is 0. The summed E-state index contributed by atoms with van der Waals surface area (Å²) in [4.78, 5) is 8.20. The van der Waals surface area contributed by atoms with Gasteiger partial charge in [-0.05, 0) is 76.4 Å². The van der Waals surface area contributed by atoms with Crippen LogP contribution in [0.2, 0.25) is 0 Å². The number of hydrogen-bond donors (Lipinski definition) is 0. The molecule has 0 N–H and O–H groups in total. The molecule has 0 saturated carbocycles. The number of rotatable bonds is 1. The maximum atomic E-state index is 4.16. The quantitative estimate of drug-likeness (QED) is 0.108. The zero-order valence-corrected chi connectivity index (χ0v) is 50.5. The van der Waals surface area contributed by atoms with Gasteiger partial charge in [0.25, 0.3) is 0 Å². The molecule has 0 atom stereocenters. The Morgan fingerprint density at radius 1 is 0.406 bits per heavy atom. The molecule has 4 aromatic rings. The van der Waals surface area contributed by atoms with E-state index in [4.69, 9.17) is 0 Å². The van der Waals surface area contributed by atoms with Gasteiger partial charge in [-0.15, -0.1) is 0 Å². The third-order valence-electron chi connectivity index (χ3n) is 4.27. The van der Waals surface area contributed by atoms with Gasteiger partial charge in [-0.25, -0.2) is 0 Å². The van der Waals surface area contributed by atoms with Crippen molar-refractivity contribution in [2.45, 2.75) is 193 Å². The normalized spacial score (nSPS) is 5.12. The van der Waals surface area contributed by atoms with Crippen molar-refractivity contribution in [2.75, 3.05) is 0 Å². The van der Waals surface area contributed by atoms with Gasteiger partial charge in [0.1, 0.15) is 0 Å². The smallest absolute Gasteiger partial charge is 0 e. The number of aromatic nitrogens is 2. The van der Waals surface area contributed by atoms with Gasteiger partial charge in [-0.3, -0.25) is 9.97 Å². The fourth-order valence-corrected chi connectivity index (χ4v) is 2.55. The van der Waals surface area contributed by atoms with Crippen LogP contribution in [0.1, 0.15) is 186 Å². The second-order valence-corrected chi connectivity index (χ2v) is 23.8. The summed E-state index contributed by atoms with van der Waals surface area (Å²) in [6, 6.07) is 28.7. The molecule has 0 spiro atoms. The Kier molecular flexibility index (Phi) is 474. The fourth-order valence-electron chi connectivity index (χ4n) is 2.55. The van der Waals surface area contributed by atoms with E-state index < -0.39 is 0 Å². The molecule has 0 amide bonds. The first-order valence-corrected chi connectivity index (χ1v) is 33.0. The molecule has 0 aliphatic heterocycles. The van der Waals surface area contributed by atoms with Crippen LogP contribution in [-0.4, -0.2) is 26.8 Å². The first-order valence-electron chi connectivity index (χ1n) is 14.2. The molecule has 2 aromatic carbocycles. The molecule has 0 unspecified atom stereocenters. The number of benzene rings is 2. The van der Waals surface area contributed by atoms with Gasteiger partial charge in [-0.2, -0.15) is 0 Å². The van der Waals surface area contributed by atoms with E-state index in [9.17, 15) is 0 Å². The van der Waals surface area contributed by atoms with E-state index in [0.29, 0.717) is 13.3 Å². The molecular weight excluding hydrogens is 1500 g/mol. The van der Waals surface area contributed by atoms with Gasteiger partial charge in [0.2, 0.25) is 0 Å². The minimum absolute atomic E-state index is 0. The summed E-state index contributed by atoms with van der Waals surface area (Å²) >= 11 is 9.54. The van der Waals surface area contributed by atoms with Crippen molar-refractivity contribution in [1.29, 1.82) is 0 Å². The van der Waals surface area contributed by atoms with Crippen LogP contribution in [0.25, 0.3) is 0 Å². The summed E-state index contributed by atoms with van der Waals surface area (Å²) in [6.07, 6.45) is 4.71. The van der Waals surface area contributed by atoms with Crippen molar-refractivity contribution in [3.8, 4) is 0 Å². The third-order valence-corrected chi connectivity index (χ3v) is 4.27. The Morgan fingerprint density at radius 2 is 0.625 bits per heavy atom. The van der Waals surface area contributed by atoms with Crippen molar-refractivity contribution in [1.82, 2.24) is 9.97 Å². The monoisotopic (exact) mass is 1620 g/mol. The summed E-state index contributed by atoms with van der Waals surface area (Å²) in [5, 5.41) is 0. The predicted octanol–water partition coefficient (Wildman–Crippen LogP) is 21.2. The first kappa shape index (κ1) is 183. The van der Waals surface area contributed by atoms with E-state index in [1.54, 1.807) is 0 Å². The van der Waals surface area contributed by atoms with Gasteiger partial charge in [0.05, 0.1) is 0 Å². The molecule has 0 fully saturated rings. The van der Waals surface area contributed by atoms with Gasteiger partial charge < -0.3 is 29.7 Å². The number of pyridine rings is 2. The van der Waals surface area contributed by atoms with Crippen LogP contribution in [0.5, 0.6) is 0 Å². The van der Waals surface area contributed by atoms with Gasteiger partial charge in [0.15, 0.2) is 0 Å². The van der Waals surface area contributed by atoms with Crippen LogP contribution < -0.4 is 13.3 Å². The SMILES string of the molecule is C.C.C.C.C.C.C.C.C.C.C.C.C.C.CC.CC.CC.CCc1cc(C)ccn1.Cc1ccccc1.Cc1ccccc1.Cc1ccnc(C)c1.II.I[I-]I.[B].[B].[CH3-].[CH3-].[CH3-].[CH3-].[Y].[Y]. The maximum absolute atomic E-state index is 4.16. The maximum Gasteiger partial charge on any atom is 0 e. The molecule has 396 valence electrons. The van der Waals surface area contributed by atoms with Gasteiger partial charge in [-0.1, -0.05) is 224 Å². The molecule has 2 aromatic heterocycles. The minimum atomic E-state index is 0. The summed E-state index contributed by atoms with van der Waals surface area (Å²) < 4.78 is 0. The zero-order valence-electron chi connectivity index (χ0n) is 34.0. The average molecular weight is 1620 g/mol. The molecule has 11 heteroatoms. The molecule has 0 saturated heterocycles. The van der Waals surface area contributed by atoms with Crippen LogP contribution >= 0.6 is 74.5 Å². The molecule has 0 aliphatic carbocycles. The number of hydrogen-bond acceptors (Lipinski definition) is 2. The van der Waals surface area contributed by atoms with Crippen LogP contribution in [0.3, 0.4) is 0 Å². The van der Waals surface area contributed by atoms with E-state index in [1.807, 2.05) is 109 Å². The Hall–Kier alpha value is 2.73. The van der Waals surface area contributed by atoms with Gasteiger partial charge in [0, 0.05) is 143 Å². The Bertz CT molecular complexity index is 977. The van der Waals surface area contributed by atoms with Crippen molar-refractivity contribution < 1.29 is 78.7 Å². The van der Waals surface area contributed by atoms with Crippen LogP contribution in [0, 0.1) is 64.3 Å². The average Bonchev–Trinajstić information content (AvgIpc) is 3.03. The van der Waals surface area contributed by atoms with Crippen LogP contribution in [0.15, 0.2) is 97.3 Å². The second kappa shape index (κ2) is 166. The topological polar surface area (TPSA) is 25.8 Å². The Balaban J connectivity index is -0.00000000961. The third kappa shape index (κ3) is 158. The zero-order chi connectivity index (χ0) is 33.6. The van der Waals surface area contributed by atoms with E-state index >= 15 is 0 Å². The Labute approximate surface area is 525 Å². The number of nitrogens with zero attached hydrogens (tertiary/aromatic N) is 2. The minimum Gasteiger partial charge on any atom is -0.358 e. The summed E-state index contributed by atoms with van der Waals surface area (Å²) in [6.45, 7) is 24.4. The molecule has 64 heavy (non-hydrogen) atoms. The number of aryl methyl sites for hydroxylation is 6. The summed E-state index contributed by atoms with van der Waals surface area (Å²) in [5.41, 5.74) is 7.48. The van der Waals surface area contributed by atoms with Crippen molar-refractivity contribution >= 4 is 91.3 Å². The Morgan fingerprint density at radius 3 is 0.750 bits per heavy atom. The molecule has 2 nitrogen and oxygen atoms in total. The van der Waals surface area contributed by atoms with E-state index in [-0.39, 0.29) is 216 Å². The molecule has 0 aliphatic rings. The van der Waals surface area contributed by atoms with Crippen LogP contribution in [-0.2, 0) is 71.8 Å². The van der Waals surface area contributed by atoms with Crippen molar-refractivity contribution in [3.05, 3.63) is 161 Å². The molecule has 2 heterocycles. The molecule has 0 bridgehead atoms. The molecule has 8 radical (unpaired) electrons.